The molecular formula is C21H18ClN5O3. The van der Waals surface area contributed by atoms with Crippen LogP contribution in [0.2, 0.25) is 5.02 Å². The first kappa shape index (κ1) is 19.7. The zero-order chi connectivity index (χ0) is 21.1. The summed E-state index contributed by atoms with van der Waals surface area (Å²) in [5.74, 6) is 0.322. The van der Waals surface area contributed by atoms with E-state index >= 15 is 0 Å². The smallest absolute Gasteiger partial charge is 0.351 e. The predicted octanol–water partition coefficient (Wildman–Crippen LogP) is 2.96. The topological polar surface area (TPSA) is 90.5 Å². The van der Waals surface area contributed by atoms with Crippen molar-refractivity contribution in [3.8, 4) is 11.6 Å². The number of nitrogens with zero attached hydrogens (tertiary/aromatic N) is 4. The predicted molar refractivity (Wildman–Crippen MR) is 112 cm³/mol. The average molecular weight is 424 g/mol. The molecule has 0 atom stereocenters. The number of aryl methyl sites for hydroxylation is 1. The molecule has 8 nitrogen and oxygen atoms in total. The van der Waals surface area contributed by atoms with Crippen LogP contribution in [0.25, 0.3) is 5.65 Å². The largest absolute Gasteiger partial charge is 0.436 e. The second-order valence-corrected chi connectivity index (χ2v) is 7.12. The van der Waals surface area contributed by atoms with Crippen molar-refractivity contribution in [2.24, 2.45) is 0 Å². The lowest BCUT2D eigenvalue weighted by atomic mass is 10.1. The molecule has 0 unspecified atom stereocenters. The molecule has 0 radical (unpaired) electrons. The number of benzene rings is 2. The molecule has 0 aliphatic rings. The Labute approximate surface area is 176 Å². The molecule has 30 heavy (non-hydrogen) atoms. The standard InChI is InChI=1S/C21H18ClN5O3/c1-14-2-4-15(5-3-14)12-24-18(28)13-27-21(29)26-11-10-23-20(19(26)25-27)30-17-8-6-16(22)7-9-17/h2-11H,12-13H2,1H3,(H,24,28). The molecule has 0 saturated carbocycles. The third kappa shape index (κ3) is 4.33. The van der Waals surface area contributed by atoms with Crippen LogP contribution in [-0.4, -0.2) is 25.1 Å². The van der Waals surface area contributed by atoms with Gasteiger partial charge in [0.1, 0.15) is 12.3 Å². The maximum atomic E-state index is 12.6. The molecule has 4 aromatic rings. The molecule has 0 fully saturated rings. The van der Waals surface area contributed by atoms with Crippen LogP contribution in [-0.2, 0) is 17.9 Å². The van der Waals surface area contributed by atoms with Crippen molar-refractivity contribution in [1.82, 2.24) is 24.5 Å². The van der Waals surface area contributed by atoms with Crippen molar-refractivity contribution in [2.75, 3.05) is 0 Å². The fourth-order valence-corrected chi connectivity index (χ4v) is 2.94. The summed E-state index contributed by atoms with van der Waals surface area (Å²) in [6.07, 6.45) is 2.91. The highest BCUT2D eigenvalue weighted by atomic mass is 35.5. The molecule has 4 rings (SSSR count). The van der Waals surface area contributed by atoms with Crippen LogP contribution in [0.4, 0.5) is 0 Å². The first-order chi connectivity index (χ1) is 14.5. The fraction of sp³-hybridized carbons (Fsp3) is 0.143. The molecule has 0 aliphatic carbocycles. The Kier molecular flexibility index (Phi) is 5.49. The molecule has 0 saturated heterocycles. The number of halogens is 1. The van der Waals surface area contributed by atoms with E-state index in [1.165, 1.54) is 16.8 Å². The second-order valence-electron chi connectivity index (χ2n) is 6.68. The summed E-state index contributed by atoms with van der Waals surface area (Å²) in [6.45, 7) is 2.15. The maximum absolute atomic E-state index is 12.6. The van der Waals surface area contributed by atoms with Gasteiger partial charge in [-0.3, -0.25) is 4.79 Å². The summed E-state index contributed by atoms with van der Waals surface area (Å²) >= 11 is 5.88. The Bertz CT molecular complexity index is 1250. The molecule has 2 aromatic heterocycles. The van der Waals surface area contributed by atoms with Crippen molar-refractivity contribution in [1.29, 1.82) is 0 Å². The van der Waals surface area contributed by atoms with Crippen LogP contribution in [0, 0.1) is 6.92 Å². The lowest BCUT2D eigenvalue weighted by Gasteiger charge is -2.05. The molecular weight excluding hydrogens is 406 g/mol. The molecule has 2 aromatic carbocycles. The Morgan fingerprint density at radius 3 is 2.60 bits per heavy atom. The van der Waals surface area contributed by atoms with E-state index in [1.54, 1.807) is 24.3 Å². The lowest BCUT2D eigenvalue weighted by molar-refractivity contribution is -0.122. The number of aromatic nitrogens is 4. The third-order valence-electron chi connectivity index (χ3n) is 4.40. The van der Waals surface area contributed by atoms with Gasteiger partial charge in [-0.05, 0) is 36.8 Å². The number of carbonyl (C=O) groups is 1. The Morgan fingerprint density at radius 2 is 1.87 bits per heavy atom. The third-order valence-corrected chi connectivity index (χ3v) is 4.65. The first-order valence-electron chi connectivity index (χ1n) is 9.19. The Hall–Kier alpha value is -3.65. The number of amides is 1. The minimum absolute atomic E-state index is 0.149. The van der Waals surface area contributed by atoms with Crippen LogP contribution in [0.5, 0.6) is 11.6 Å². The first-order valence-corrected chi connectivity index (χ1v) is 9.57. The highest BCUT2D eigenvalue weighted by molar-refractivity contribution is 6.30. The quantitative estimate of drug-likeness (QED) is 0.515. The SMILES string of the molecule is Cc1ccc(CNC(=O)Cn2nc3c(Oc4ccc(Cl)cc4)nccn3c2=O)cc1. The van der Waals surface area contributed by atoms with E-state index in [0.717, 1.165) is 15.8 Å². The van der Waals surface area contributed by atoms with E-state index in [-0.39, 0.29) is 24.0 Å². The van der Waals surface area contributed by atoms with E-state index in [2.05, 4.69) is 15.4 Å². The molecule has 0 spiro atoms. The van der Waals surface area contributed by atoms with Crippen LogP contribution in [0.1, 0.15) is 11.1 Å². The summed E-state index contributed by atoms with van der Waals surface area (Å²) in [6, 6.07) is 14.6. The number of carbonyl (C=O) groups excluding carboxylic acids is 1. The number of hydrogen-bond donors (Lipinski definition) is 1. The fourth-order valence-electron chi connectivity index (χ4n) is 2.81. The van der Waals surface area contributed by atoms with Crippen molar-refractivity contribution in [2.45, 2.75) is 20.0 Å². The number of fused-ring (bicyclic) bond motifs is 1. The van der Waals surface area contributed by atoms with Gasteiger partial charge in [0.2, 0.25) is 11.6 Å². The van der Waals surface area contributed by atoms with E-state index < -0.39 is 5.69 Å². The van der Waals surface area contributed by atoms with Gasteiger partial charge in [-0.15, -0.1) is 5.10 Å². The normalized spacial score (nSPS) is 10.9. The van der Waals surface area contributed by atoms with Gasteiger partial charge in [0.25, 0.3) is 5.88 Å². The zero-order valence-electron chi connectivity index (χ0n) is 16.1. The molecule has 1 amide bonds. The maximum Gasteiger partial charge on any atom is 0.351 e. The minimum Gasteiger partial charge on any atom is -0.436 e. The Morgan fingerprint density at radius 1 is 1.13 bits per heavy atom. The van der Waals surface area contributed by atoms with Gasteiger partial charge >= 0.3 is 5.69 Å². The van der Waals surface area contributed by atoms with Gasteiger partial charge in [0.15, 0.2) is 0 Å². The van der Waals surface area contributed by atoms with E-state index in [0.29, 0.717) is 17.3 Å². The van der Waals surface area contributed by atoms with Crippen LogP contribution in [0.3, 0.4) is 0 Å². The van der Waals surface area contributed by atoms with Gasteiger partial charge in [-0.25, -0.2) is 18.9 Å². The summed E-state index contributed by atoms with van der Waals surface area (Å²) in [4.78, 5) is 29.1. The van der Waals surface area contributed by atoms with Gasteiger partial charge in [-0.2, -0.15) is 0 Å². The number of rotatable bonds is 6. The second kappa shape index (κ2) is 8.38. The number of hydrogen-bond acceptors (Lipinski definition) is 5. The van der Waals surface area contributed by atoms with Gasteiger partial charge in [0.05, 0.1) is 0 Å². The van der Waals surface area contributed by atoms with Crippen molar-refractivity contribution in [3.63, 3.8) is 0 Å². The lowest BCUT2D eigenvalue weighted by Crippen LogP contribution is -2.32. The van der Waals surface area contributed by atoms with Gasteiger partial charge in [0, 0.05) is 24.0 Å². The van der Waals surface area contributed by atoms with E-state index in [4.69, 9.17) is 16.3 Å². The number of nitrogens with one attached hydrogen (secondary N) is 1. The minimum atomic E-state index is -0.459. The Balaban J connectivity index is 1.51. The van der Waals surface area contributed by atoms with Crippen LogP contribution >= 0.6 is 11.6 Å². The summed E-state index contributed by atoms with van der Waals surface area (Å²) < 4.78 is 8.09. The summed E-state index contributed by atoms with van der Waals surface area (Å²) in [5, 5.41) is 7.59. The van der Waals surface area contributed by atoms with E-state index in [1.807, 2.05) is 31.2 Å². The van der Waals surface area contributed by atoms with E-state index in [9.17, 15) is 9.59 Å². The average Bonchev–Trinajstić information content (AvgIpc) is 3.06. The van der Waals surface area contributed by atoms with Crippen molar-refractivity contribution in [3.05, 3.63) is 87.6 Å². The van der Waals surface area contributed by atoms with Crippen LogP contribution in [0.15, 0.2) is 65.7 Å². The summed E-state index contributed by atoms with van der Waals surface area (Å²) in [5.41, 5.74) is 1.87. The highest BCUT2D eigenvalue weighted by Crippen LogP contribution is 2.23. The van der Waals surface area contributed by atoms with Gasteiger partial charge < -0.3 is 10.1 Å². The van der Waals surface area contributed by atoms with Gasteiger partial charge in [-0.1, -0.05) is 41.4 Å². The molecule has 9 heteroatoms. The molecule has 2 heterocycles. The molecule has 1 N–H and O–H groups in total. The molecule has 0 bridgehead atoms. The number of ether oxygens (including phenoxy) is 1. The van der Waals surface area contributed by atoms with Crippen LogP contribution < -0.4 is 15.7 Å². The van der Waals surface area contributed by atoms with Crippen molar-refractivity contribution >= 4 is 23.2 Å². The zero-order valence-corrected chi connectivity index (χ0v) is 16.8. The molecule has 0 aliphatic heterocycles. The highest BCUT2D eigenvalue weighted by Gasteiger charge is 2.15. The molecule has 152 valence electrons. The monoisotopic (exact) mass is 423 g/mol. The summed E-state index contributed by atoms with van der Waals surface area (Å²) in [7, 11) is 0. The van der Waals surface area contributed by atoms with Crippen molar-refractivity contribution < 1.29 is 9.53 Å².